The van der Waals surface area contributed by atoms with Gasteiger partial charge in [-0.25, -0.2) is 0 Å². The number of hydrogen-bond donors (Lipinski definition) is 1. The highest BCUT2D eigenvalue weighted by atomic mass is 35.5. The summed E-state index contributed by atoms with van der Waals surface area (Å²) in [5.74, 6) is 1.22. The zero-order chi connectivity index (χ0) is 27.3. The van der Waals surface area contributed by atoms with Crippen LogP contribution in [0.2, 0.25) is 5.02 Å². The number of phenolic OH excluding ortho intramolecular Hbond substituents is 1. The highest BCUT2D eigenvalue weighted by molar-refractivity contribution is 7.53. The second-order valence-corrected chi connectivity index (χ2v) is 12.9. The molecule has 1 aliphatic rings. The Bertz CT molecular complexity index is 1280. The van der Waals surface area contributed by atoms with Gasteiger partial charge in [-0.3, -0.25) is 9.09 Å². The van der Waals surface area contributed by atoms with Gasteiger partial charge in [0.05, 0.1) is 12.7 Å². The zero-order valence-electron chi connectivity index (χ0n) is 22.7. The second-order valence-electron chi connectivity index (χ2n) is 10.5. The Morgan fingerprint density at radius 2 is 1.82 bits per heavy atom. The van der Waals surface area contributed by atoms with Gasteiger partial charge in [0.25, 0.3) is 0 Å². The summed E-state index contributed by atoms with van der Waals surface area (Å²) in [5.41, 5.74) is 6.38. The third kappa shape index (κ3) is 7.42. The predicted molar refractivity (Wildman–Crippen MR) is 154 cm³/mol. The van der Waals surface area contributed by atoms with Crippen molar-refractivity contribution in [2.45, 2.75) is 71.8 Å². The molecule has 3 aromatic carbocycles. The van der Waals surface area contributed by atoms with Gasteiger partial charge in [-0.15, -0.1) is 0 Å². The summed E-state index contributed by atoms with van der Waals surface area (Å²) in [6, 6.07) is 17.3. The van der Waals surface area contributed by atoms with Gasteiger partial charge >= 0.3 is 7.60 Å². The number of phenols is 1. The third-order valence-electron chi connectivity index (χ3n) is 7.06. The first-order chi connectivity index (χ1) is 18.1. The van der Waals surface area contributed by atoms with Crippen molar-refractivity contribution in [2.75, 3.05) is 13.0 Å². The molecule has 0 radical (unpaired) electrons. The average Bonchev–Trinajstić information content (AvgIpc) is 2.96. The van der Waals surface area contributed by atoms with Crippen molar-refractivity contribution in [3.8, 4) is 11.5 Å². The van der Waals surface area contributed by atoms with Crippen LogP contribution < -0.4 is 4.74 Å². The number of halogens is 1. The fraction of sp³-hybridized carbons (Fsp3) is 0.419. The van der Waals surface area contributed by atoms with E-state index in [2.05, 4.69) is 33.8 Å². The van der Waals surface area contributed by atoms with Crippen LogP contribution >= 0.6 is 19.2 Å². The molecule has 1 N–H and O–H groups in total. The molecule has 0 spiro atoms. The summed E-state index contributed by atoms with van der Waals surface area (Å²) < 4.78 is 31.8. The van der Waals surface area contributed by atoms with Gasteiger partial charge in [0.2, 0.25) is 0 Å². The smallest absolute Gasteiger partial charge is 0.368 e. The van der Waals surface area contributed by atoms with Gasteiger partial charge in [-0.2, -0.15) is 0 Å². The molecule has 5 nitrogen and oxygen atoms in total. The topological polar surface area (TPSA) is 65.0 Å². The molecule has 0 aliphatic carbocycles. The predicted octanol–water partition coefficient (Wildman–Crippen LogP) is 9.25. The van der Waals surface area contributed by atoms with E-state index in [0.29, 0.717) is 23.1 Å². The first kappa shape index (κ1) is 28.7. The van der Waals surface area contributed by atoms with Crippen molar-refractivity contribution >= 4 is 19.2 Å². The summed E-state index contributed by atoms with van der Waals surface area (Å²) in [7, 11) is -3.52. The minimum absolute atomic E-state index is 0.155. The Morgan fingerprint density at radius 1 is 1.05 bits per heavy atom. The Hall–Kier alpha value is -2.30. The van der Waals surface area contributed by atoms with E-state index in [9.17, 15) is 9.67 Å². The van der Waals surface area contributed by atoms with Crippen molar-refractivity contribution < 1.29 is 23.5 Å². The largest absolute Gasteiger partial charge is 0.508 e. The molecule has 0 saturated carbocycles. The Kier molecular flexibility index (Phi) is 9.59. The van der Waals surface area contributed by atoms with Crippen molar-refractivity contribution in [2.24, 2.45) is 0 Å². The zero-order valence-corrected chi connectivity index (χ0v) is 24.4. The van der Waals surface area contributed by atoms with Crippen LogP contribution in [0.1, 0.15) is 84.9 Å². The summed E-state index contributed by atoms with van der Waals surface area (Å²) in [5, 5.41) is 10.8. The van der Waals surface area contributed by atoms with Crippen LogP contribution in [0.5, 0.6) is 11.5 Å². The van der Waals surface area contributed by atoms with E-state index < -0.39 is 7.60 Å². The highest BCUT2D eigenvalue weighted by Gasteiger charge is 2.32. The Morgan fingerprint density at radius 3 is 2.53 bits per heavy atom. The summed E-state index contributed by atoms with van der Waals surface area (Å²) in [6.45, 7) is 8.65. The monoisotopic (exact) mass is 556 g/mol. The number of aryl methyl sites for hydroxylation is 2. The fourth-order valence-corrected chi connectivity index (χ4v) is 6.67. The number of aromatic hydroxyl groups is 1. The Balaban J connectivity index is 1.50. The van der Waals surface area contributed by atoms with Crippen LogP contribution in [0, 0.1) is 13.8 Å². The van der Waals surface area contributed by atoms with E-state index in [1.165, 1.54) is 5.56 Å². The average molecular weight is 557 g/mol. The van der Waals surface area contributed by atoms with E-state index in [0.717, 1.165) is 59.9 Å². The SMILES string of the molecule is Cc1cc(OC[P@]2(=O)OCCCCC[C@@H](c3cccc(Cl)c3)O2)cc(C)c1Cc1ccc(O)c(C(C)C)c1. The lowest BCUT2D eigenvalue weighted by molar-refractivity contribution is 0.135. The van der Waals surface area contributed by atoms with E-state index in [1.807, 2.05) is 42.5 Å². The Labute approximate surface area is 231 Å². The van der Waals surface area contributed by atoms with Crippen LogP contribution in [0.4, 0.5) is 0 Å². The molecule has 2 atom stereocenters. The molecule has 0 unspecified atom stereocenters. The third-order valence-corrected chi connectivity index (χ3v) is 8.89. The number of benzene rings is 3. The van der Waals surface area contributed by atoms with Gasteiger partial charge in [0, 0.05) is 5.02 Å². The normalized spacial score (nSPS) is 20.5. The number of ether oxygens (including phenoxy) is 1. The minimum Gasteiger partial charge on any atom is -0.508 e. The molecule has 38 heavy (non-hydrogen) atoms. The van der Waals surface area contributed by atoms with Gasteiger partial charge in [0.15, 0.2) is 6.35 Å². The molecule has 3 aromatic rings. The summed E-state index contributed by atoms with van der Waals surface area (Å²) in [4.78, 5) is 0. The lowest BCUT2D eigenvalue weighted by Gasteiger charge is -2.24. The molecule has 1 aliphatic heterocycles. The van der Waals surface area contributed by atoms with Crippen molar-refractivity contribution in [1.82, 2.24) is 0 Å². The van der Waals surface area contributed by atoms with Gasteiger partial charge in [-0.1, -0.05) is 62.6 Å². The maximum atomic E-state index is 13.8. The molecule has 1 saturated heterocycles. The van der Waals surface area contributed by atoms with Crippen LogP contribution in [0.3, 0.4) is 0 Å². The maximum Gasteiger partial charge on any atom is 0.368 e. The van der Waals surface area contributed by atoms with Gasteiger partial charge < -0.3 is 14.4 Å². The standard InChI is InChI=1S/C31H38ClO5P/c1-21(2)28-17-24(12-13-30(28)33)18-29-22(3)15-27(16-23(29)4)35-20-38(34)36-14-7-5-6-11-31(37-38)25-9-8-10-26(32)19-25/h8-10,12-13,15-17,19,21,31,33H,5-7,11,14,18,20H2,1-4H3/t31-,38-/m0/s1. The minimum atomic E-state index is -3.52. The number of rotatable bonds is 7. The number of hydrogen-bond acceptors (Lipinski definition) is 5. The molecule has 0 bridgehead atoms. The lowest BCUT2D eigenvalue weighted by Crippen LogP contribution is -2.10. The summed E-state index contributed by atoms with van der Waals surface area (Å²) >= 11 is 6.21. The van der Waals surface area contributed by atoms with E-state index in [-0.39, 0.29) is 18.4 Å². The van der Waals surface area contributed by atoms with E-state index in [4.69, 9.17) is 25.4 Å². The second kappa shape index (κ2) is 12.7. The lowest BCUT2D eigenvalue weighted by atomic mass is 9.93. The fourth-order valence-electron chi connectivity index (χ4n) is 4.94. The molecular formula is C31H38ClO5P. The molecule has 1 fully saturated rings. The molecule has 4 rings (SSSR count). The van der Waals surface area contributed by atoms with Gasteiger partial charge in [0.1, 0.15) is 11.5 Å². The van der Waals surface area contributed by atoms with Crippen LogP contribution in [-0.2, 0) is 20.0 Å². The van der Waals surface area contributed by atoms with Crippen molar-refractivity contribution in [1.29, 1.82) is 0 Å². The van der Waals surface area contributed by atoms with Crippen LogP contribution in [-0.4, -0.2) is 18.1 Å². The maximum absolute atomic E-state index is 13.8. The molecule has 0 aromatic heterocycles. The van der Waals surface area contributed by atoms with Crippen molar-refractivity contribution in [3.63, 3.8) is 0 Å². The molecular weight excluding hydrogens is 519 g/mol. The first-order valence-corrected chi connectivity index (χ1v) is 15.5. The van der Waals surface area contributed by atoms with Crippen LogP contribution in [0.25, 0.3) is 0 Å². The summed E-state index contributed by atoms with van der Waals surface area (Å²) in [6.07, 6.45) is 3.76. The first-order valence-electron chi connectivity index (χ1n) is 13.4. The van der Waals surface area contributed by atoms with Crippen LogP contribution in [0.15, 0.2) is 54.6 Å². The van der Waals surface area contributed by atoms with E-state index in [1.54, 1.807) is 6.07 Å². The highest BCUT2D eigenvalue weighted by Crippen LogP contribution is 2.54. The molecule has 204 valence electrons. The van der Waals surface area contributed by atoms with Crippen molar-refractivity contribution in [3.05, 3.63) is 93.0 Å². The molecule has 7 heteroatoms. The van der Waals surface area contributed by atoms with Gasteiger partial charge in [-0.05, 0) is 103 Å². The quantitative estimate of drug-likeness (QED) is 0.294. The van der Waals surface area contributed by atoms with E-state index >= 15 is 0 Å². The molecule has 0 amide bonds. The molecule has 1 heterocycles.